The molecule has 86 valence electrons. The van der Waals surface area contributed by atoms with E-state index in [-0.39, 0.29) is 0 Å². The third kappa shape index (κ3) is 4.24. The van der Waals surface area contributed by atoms with Crippen LogP contribution in [-0.2, 0) is 0 Å². The van der Waals surface area contributed by atoms with Gasteiger partial charge >= 0.3 is 0 Å². The van der Waals surface area contributed by atoms with Crippen molar-refractivity contribution in [2.75, 3.05) is 32.7 Å². The molecule has 0 bridgehead atoms. The maximum absolute atomic E-state index is 5.25. The zero-order chi connectivity index (χ0) is 11.1. The molecule has 15 heavy (non-hydrogen) atoms. The SMILES string of the molecule is C#CCCCN1CCN(C(C)CC)CC1. The predicted octanol–water partition coefficient (Wildman–Crippen LogP) is 1.82. The third-order valence-electron chi connectivity index (χ3n) is 3.42. The van der Waals surface area contributed by atoms with Gasteiger partial charge in [-0.1, -0.05) is 6.92 Å². The summed E-state index contributed by atoms with van der Waals surface area (Å²) >= 11 is 0. The predicted molar refractivity (Wildman–Crippen MR) is 65.8 cm³/mol. The summed E-state index contributed by atoms with van der Waals surface area (Å²) in [6.45, 7) is 10.7. The standard InChI is InChI=1S/C13H24N2/c1-4-6-7-8-14-9-11-15(12-10-14)13(3)5-2/h1,13H,5-12H2,2-3H3. The van der Waals surface area contributed by atoms with Gasteiger partial charge in [0.05, 0.1) is 0 Å². The molecule has 1 saturated heterocycles. The minimum absolute atomic E-state index is 0.748. The summed E-state index contributed by atoms with van der Waals surface area (Å²) in [4.78, 5) is 5.13. The van der Waals surface area contributed by atoms with E-state index in [4.69, 9.17) is 6.42 Å². The van der Waals surface area contributed by atoms with Crippen molar-refractivity contribution in [2.45, 2.75) is 39.2 Å². The Hall–Kier alpha value is -0.520. The van der Waals surface area contributed by atoms with Crippen molar-refractivity contribution < 1.29 is 0 Å². The molecule has 0 radical (unpaired) electrons. The van der Waals surface area contributed by atoms with Crippen LogP contribution < -0.4 is 0 Å². The lowest BCUT2D eigenvalue weighted by atomic mass is 10.2. The van der Waals surface area contributed by atoms with Crippen LogP contribution in [0.3, 0.4) is 0 Å². The lowest BCUT2D eigenvalue weighted by Crippen LogP contribution is -2.49. The molecule has 0 aliphatic carbocycles. The zero-order valence-corrected chi connectivity index (χ0v) is 10.2. The lowest BCUT2D eigenvalue weighted by molar-refractivity contribution is 0.100. The van der Waals surface area contributed by atoms with E-state index in [9.17, 15) is 0 Å². The molecule has 0 N–H and O–H groups in total. The molecule has 1 heterocycles. The van der Waals surface area contributed by atoms with E-state index in [0.717, 1.165) is 18.9 Å². The molecule has 0 aromatic rings. The van der Waals surface area contributed by atoms with Gasteiger partial charge in [-0.05, 0) is 26.3 Å². The van der Waals surface area contributed by atoms with Crippen molar-refractivity contribution >= 4 is 0 Å². The van der Waals surface area contributed by atoms with Crippen molar-refractivity contribution in [1.29, 1.82) is 0 Å². The molecule has 0 aromatic carbocycles. The maximum Gasteiger partial charge on any atom is 0.0113 e. The van der Waals surface area contributed by atoms with Gasteiger partial charge in [0.25, 0.3) is 0 Å². The summed E-state index contributed by atoms with van der Waals surface area (Å²) < 4.78 is 0. The smallest absolute Gasteiger partial charge is 0.0113 e. The molecule has 0 spiro atoms. The fourth-order valence-corrected chi connectivity index (χ4v) is 2.09. The first-order valence-corrected chi connectivity index (χ1v) is 6.17. The molecular weight excluding hydrogens is 184 g/mol. The lowest BCUT2D eigenvalue weighted by Gasteiger charge is -2.37. The minimum Gasteiger partial charge on any atom is -0.301 e. The highest BCUT2D eigenvalue weighted by molar-refractivity contribution is 4.84. The van der Waals surface area contributed by atoms with E-state index in [0.29, 0.717) is 0 Å². The molecule has 1 aliphatic rings. The van der Waals surface area contributed by atoms with Crippen molar-refractivity contribution in [2.24, 2.45) is 0 Å². The van der Waals surface area contributed by atoms with Gasteiger partial charge in [0.1, 0.15) is 0 Å². The minimum atomic E-state index is 0.748. The summed E-state index contributed by atoms with van der Waals surface area (Å²) in [5.74, 6) is 2.71. The summed E-state index contributed by atoms with van der Waals surface area (Å²) in [5.41, 5.74) is 0. The number of rotatable bonds is 5. The molecule has 2 heteroatoms. The van der Waals surface area contributed by atoms with E-state index < -0.39 is 0 Å². The molecule has 1 atom stereocenters. The number of terminal acetylenes is 1. The zero-order valence-electron chi connectivity index (χ0n) is 10.2. The van der Waals surface area contributed by atoms with Gasteiger partial charge in [-0.3, -0.25) is 4.90 Å². The van der Waals surface area contributed by atoms with Gasteiger partial charge in [0.15, 0.2) is 0 Å². The second-order valence-electron chi connectivity index (χ2n) is 4.44. The molecule has 1 rings (SSSR count). The fraction of sp³-hybridized carbons (Fsp3) is 0.846. The number of hydrogen-bond donors (Lipinski definition) is 0. The molecule has 1 unspecified atom stereocenters. The second kappa shape index (κ2) is 6.87. The number of piperazine rings is 1. The summed E-state index contributed by atoms with van der Waals surface area (Å²) in [6, 6.07) is 0.748. The molecule has 2 nitrogen and oxygen atoms in total. The molecule has 1 fully saturated rings. The highest BCUT2D eigenvalue weighted by atomic mass is 15.3. The Balaban J connectivity index is 2.15. The maximum atomic E-state index is 5.25. The van der Waals surface area contributed by atoms with Gasteiger partial charge in [-0.15, -0.1) is 12.3 Å². The topological polar surface area (TPSA) is 6.48 Å². The first kappa shape index (κ1) is 12.5. The highest BCUT2D eigenvalue weighted by Crippen LogP contribution is 2.09. The van der Waals surface area contributed by atoms with Crippen LogP contribution in [0.2, 0.25) is 0 Å². The molecule has 0 saturated carbocycles. The van der Waals surface area contributed by atoms with Crippen molar-refractivity contribution in [3.8, 4) is 12.3 Å². The average Bonchev–Trinajstić information content (AvgIpc) is 2.29. The van der Waals surface area contributed by atoms with Gasteiger partial charge in [0, 0.05) is 38.6 Å². The summed E-state index contributed by atoms with van der Waals surface area (Å²) in [7, 11) is 0. The van der Waals surface area contributed by atoms with Crippen LogP contribution in [0.15, 0.2) is 0 Å². The van der Waals surface area contributed by atoms with Gasteiger partial charge in [-0.2, -0.15) is 0 Å². The van der Waals surface area contributed by atoms with E-state index in [1.165, 1.54) is 39.1 Å². The normalized spacial score (nSPS) is 21.1. The van der Waals surface area contributed by atoms with Crippen LogP contribution in [0.25, 0.3) is 0 Å². The Labute approximate surface area is 94.6 Å². The largest absolute Gasteiger partial charge is 0.301 e. The first-order chi connectivity index (χ1) is 7.27. The highest BCUT2D eigenvalue weighted by Gasteiger charge is 2.19. The fourth-order valence-electron chi connectivity index (χ4n) is 2.09. The van der Waals surface area contributed by atoms with E-state index in [1.54, 1.807) is 0 Å². The van der Waals surface area contributed by atoms with Crippen LogP contribution >= 0.6 is 0 Å². The monoisotopic (exact) mass is 208 g/mol. The molecular formula is C13H24N2. The Morgan fingerprint density at radius 1 is 1.27 bits per heavy atom. The second-order valence-corrected chi connectivity index (χ2v) is 4.44. The van der Waals surface area contributed by atoms with E-state index in [1.807, 2.05) is 0 Å². The molecule has 1 aliphatic heterocycles. The number of hydrogen-bond acceptors (Lipinski definition) is 2. The van der Waals surface area contributed by atoms with Gasteiger partial charge in [0.2, 0.25) is 0 Å². The number of unbranched alkanes of at least 4 members (excludes halogenated alkanes) is 1. The summed E-state index contributed by atoms with van der Waals surface area (Å²) in [5, 5.41) is 0. The third-order valence-corrected chi connectivity index (χ3v) is 3.42. The van der Waals surface area contributed by atoms with E-state index >= 15 is 0 Å². The molecule has 0 amide bonds. The van der Waals surface area contributed by atoms with Crippen LogP contribution in [-0.4, -0.2) is 48.6 Å². The quantitative estimate of drug-likeness (QED) is 0.502. The van der Waals surface area contributed by atoms with Crippen molar-refractivity contribution in [3.63, 3.8) is 0 Å². The Morgan fingerprint density at radius 2 is 1.93 bits per heavy atom. The van der Waals surface area contributed by atoms with E-state index in [2.05, 4.69) is 29.6 Å². The Kier molecular flexibility index (Phi) is 5.75. The van der Waals surface area contributed by atoms with Crippen LogP contribution in [0, 0.1) is 12.3 Å². The van der Waals surface area contributed by atoms with Crippen LogP contribution in [0.5, 0.6) is 0 Å². The van der Waals surface area contributed by atoms with Crippen LogP contribution in [0.1, 0.15) is 33.1 Å². The molecule has 0 aromatic heterocycles. The number of nitrogens with zero attached hydrogens (tertiary/aromatic N) is 2. The average molecular weight is 208 g/mol. The van der Waals surface area contributed by atoms with Crippen LogP contribution in [0.4, 0.5) is 0 Å². The Bertz CT molecular complexity index is 199. The van der Waals surface area contributed by atoms with Crippen molar-refractivity contribution in [1.82, 2.24) is 9.80 Å². The van der Waals surface area contributed by atoms with Gasteiger partial charge < -0.3 is 4.90 Å². The first-order valence-electron chi connectivity index (χ1n) is 6.17. The Morgan fingerprint density at radius 3 is 2.47 bits per heavy atom. The summed E-state index contributed by atoms with van der Waals surface area (Å²) in [6.07, 6.45) is 8.58. The van der Waals surface area contributed by atoms with Gasteiger partial charge in [-0.25, -0.2) is 0 Å². The van der Waals surface area contributed by atoms with Crippen molar-refractivity contribution in [3.05, 3.63) is 0 Å².